The van der Waals surface area contributed by atoms with Gasteiger partial charge in [-0.25, -0.2) is 4.98 Å². The molecule has 0 unspecified atom stereocenters. The molecule has 0 aliphatic rings. The molecule has 3 nitrogen and oxygen atoms in total. The first-order valence-corrected chi connectivity index (χ1v) is 7.83. The van der Waals surface area contributed by atoms with Crippen LogP contribution < -0.4 is 5.32 Å². The van der Waals surface area contributed by atoms with Crippen molar-refractivity contribution in [3.8, 4) is 0 Å². The number of benzene rings is 1. The van der Waals surface area contributed by atoms with Gasteiger partial charge in [-0.3, -0.25) is 4.79 Å². The van der Waals surface area contributed by atoms with Gasteiger partial charge >= 0.3 is 0 Å². The largest absolute Gasteiger partial charge is 0.322 e. The minimum absolute atomic E-state index is 0.177. The molecule has 4 heteroatoms. The molecule has 0 saturated heterocycles. The number of amides is 1. The van der Waals surface area contributed by atoms with Crippen LogP contribution in [0, 0.1) is 0 Å². The summed E-state index contributed by atoms with van der Waals surface area (Å²) in [7, 11) is 0. The molecule has 0 aliphatic heterocycles. The molecule has 0 radical (unpaired) electrons. The van der Waals surface area contributed by atoms with Gasteiger partial charge in [0.15, 0.2) is 0 Å². The van der Waals surface area contributed by atoms with Gasteiger partial charge in [0.25, 0.3) is 5.91 Å². The monoisotopic (exact) mass is 316 g/mol. The van der Waals surface area contributed by atoms with E-state index < -0.39 is 0 Å². The van der Waals surface area contributed by atoms with Gasteiger partial charge in [-0.2, -0.15) is 0 Å². The van der Waals surface area contributed by atoms with E-state index in [1.807, 2.05) is 6.07 Å². The van der Waals surface area contributed by atoms with Gasteiger partial charge < -0.3 is 5.32 Å². The van der Waals surface area contributed by atoms with Crippen LogP contribution in [0.1, 0.15) is 61.0 Å². The lowest BCUT2D eigenvalue weighted by molar-refractivity contribution is 0.102. The predicted molar refractivity (Wildman–Crippen MR) is 91.8 cm³/mol. The van der Waals surface area contributed by atoms with Crippen LogP contribution in [0.4, 0.5) is 5.69 Å². The van der Waals surface area contributed by atoms with Crippen LogP contribution in [-0.4, -0.2) is 10.9 Å². The fourth-order valence-corrected chi connectivity index (χ4v) is 2.44. The van der Waals surface area contributed by atoms with Crippen molar-refractivity contribution in [1.29, 1.82) is 0 Å². The van der Waals surface area contributed by atoms with Crippen molar-refractivity contribution < 1.29 is 4.79 Å². The van der Waals surface area contributed by atoms with Gasteiger partial charge in [-0.05, 0) is 41.2 Å². The van der Waals surface area contributed by atoms with Crippen LogP contribution in [0.3, 0.4) is 0 Å². The molecule has 0 aliphatic carbocycles. The average Bonchev–Trinajstić information content (AvgIpc) is 2.47. The van der Waals surface area contributed by atoms with E-state index in [1.54, 1.807) is 12.1 Å². The third-order valence-corrected chi connectivity index (χ3v) is 3.81. The molecule has 2 aromatic rings. The quantitative estimate of drug-likeness (QED) is 0.784. The number of rotatable bonds is 4. The zero-order valence-electron chi connectivity index (χ0n) is 13.4. The number of halogens is 1. The van der Waals surface area contributed by atoms with Crippen LogP contribution in [0.2, 0.25) is 5.15 Å². The van der Waals surface area contributed by atoms with Crippen molar-refractivity contribution in [3.05, 3.63) is 58.4 Å². The normalized spacial score (nSPS) is 11.0. The van der Waals surface area contributed by atoms with Crippen molar-refractivity contribution >= 4 is 23.2 Å². The van der Waals surface area contributed by atoms with Gasteiger partial charge in [0.1, 0.15) is 5.15 Å². The zero-order valence-corrected chi connectivity index (χ0v) is 14.1. The van der Waals surface area contributed by atoms with Crippen molar-refractivity contribution in [2.75, 3.05) is 5.32 Å². The Morgan fingerprint density at radius 3 is 2.41 bits per heavy atom. The van der Waals surface area contributed by atoms with Crippen LogP contribution in [0.25, 0.3) is 0 Å². The number of aromatic nitrogens is 1. The Labute approximate surface area is 136 Å². The maximum atomic E-state index is 12.4. The molecule has 1 aromatic carbocycles. The first kappa shape index (κ1) is 16.5. The maximum Gasteiger partial charge on any atom is 0.255 e. The molecule has 0 atom stereocenters. The Morgan fingerprint density at radius 1 is 1.09 bits per heavy atom. The number of carbonyl (C=O) groups excluding carboxylic acids is 1. The van der Waals surface area contributed by atoms with Gasteiger partial charge in [-0.1, -0.05) is 51.4 Å². The summed E-state index contributed by atoms with van der Waals surface area (Å²) < 4.78 is 0. The molecule has 2 rings (SSSR count). The number of hydrogen-bond acceptors (Lipinski definition) is 2. The van der Waals surface area contributed by atoms with Gasteiger partial charge in [0.2, 0.25) is 0 Å². The molecule has 1 N–H and O–H groups in total. The van der Waals surface area contributed by atoms with E-state index in [0.29, 0.717) is 22.6 Å². The molecule has 0 spiro atoms. The molecular weight excluding hydrogens is 296 g/mol. The highest BCUT2D eigenvalue weighted by molar-refractivity contribution is 6.29. The van der Waals surface area contributed by atoms with E-state index >= 15 is 0 Å². The van der Waals surface area contributed by atoms with E-state index in [2.05, 4.69) is 50.1 Å². The molecular formula is C18H21ClN2O. The summed E-state index contributed by atoms with van der Waals surface area (Å²) in [6, 6.07) is 9.43. The van der Waals surface area contributed by atoms with E-state index in [1.165, 1.54) is 11.8 Å². The summed E-state index contributed by atoms with van der Waals surface area (Å²) in [6.07, 6.45) is 1.53. The fraction of sp³-hybridized carbons (Fsp3) is 0.333. The molecule has 1 aromatic heterocycles. The van der Waals surface area contributed by atoms with Crippen molar-refractivity contribution in [3.63, 3.8) is 0 Å². The highest BCUT2D eigenvalue weighted by Gasteiger charge is 2.13. The van der Waals surface area contributed by atoms with Crippen LogP contribution >= 0.6 is 11.6 Å². The standard InChI is InChI=1S/C18H21ClN2O/c1-11(2)13-5-6-16(15(9-13)12(3)4)21-18(22)14-7-8-20-17(19)10-14/h5-12H,1-4H3,(H,21,22). The number of nitrogens with zero attached hydrogens (tertiary/aromatic N) is 1. The Kier molecular flexibility index (Phi) is 5.19. The summed E-state index contributed by atoms with van der Waals surface area (Å²) in [4.78, 5) is 16.3. The summed E-state index contributed by atoms with van der Waals surface area (Å²) in [5, 5.41) is 3.29. The van der Waals surface area contributed by atoms with E-state index in [9.17, 15) is 4.79 Å². The Bertz CT molecular complexity index is 681. The SMILES string of the molecule is CC(C)c1ccc(NC(=O)c2ccnc(Cl)c2)c(C(C)C)c1. The summed E-state index contributed by atoms with van der Waals surface area (Å²) >= 11 is 5.84. The molecule has 1 heterocycles. The second kappa shape index (κ2) is 6.93. The zero-order chi connectivity index (χ0) is 16.3. The first-order valence-electron chi connectivity index (χ1n) is 7.45. The third kappa shape index (κ3) is 3.86. The Balaban J connectivity index is 2.30. The maximum absolute atomic E-state index is 12.4. The van der Waals surface area contributed by atoms with Gasteiger partial charge in [0.05, 0.1) is 0 Å². The van der Waals surface area contributed by atoms with E-state index in [0.717, 1.165) is 11.3 Å². The van der Waals surface area contributed by atoms with Crippen LogP contribution in [-0.2, 0) is 0 Å². The lowest BCUT2D eigenvalue weighted by Gasteiger charge is -2.17. The minimum Gasteiger partial charge on any atom is -0.322 e. The smallest absolute Gasteiger partial charge is 0.255 e. The van der Waals surface area contributed by atoms with Gasteiger partial charge in [-0.15, -0.1) is 0 Å². The summed E-state index contributed by atoms with van der Waals surface area (Å²) in [5.41, 5.74) is 3.76. The minimum atomic E-state index is -0.177. The second-order valence-electron chi connectivity index (χ2n) is 5.98. The Hall–Kier alpha value is -1.87. The molecule has 1 amide bonds. The van der Waals surface area contributed by atoms with E-state index in [4.69, 9.17) is 11.6 Å². The molecule has 0 bridgehead atoms. The second-order valence-corrected chi connectivity index (χ2v) is 6.36. The van der Waals surface area contributed by atoms with E-state index in [-0.39, 0.29) is 5.91 Å². The predicted octanol–water partition coefficient (Wildman–Crippen LogP) is 5.23. The average molecular weight is 317 g/mol. The number of pyridine rings is 1. The van der Waals surface area contributed by atoms with Crippen molar-refractivity contribution in [2.45, 2.75) is 39.5 Å². The number of anilines is 1. The van der Waals surface area contributed by atoms with Crippen molar-refractivity contribution in [2.24, 2.45) is 0 Å². The van der Waals surface area contributed by atoms with Gasteiger partial charge in [0, 0.05) is 17.4 Å². The fourth-order valence-electron chi connectivity index (χ4n) is 2.27. The first-order chi connectivity index (χ1) is 10.4. The third-order valence-electron chi connectivity index (χ3n) is 3.60. The Morgan fingerprint density at radius 2 is 1.82 bits per heavy atom. The highest BCUT2D eigenvalue weighted by atomic mass is 35.5. The molecule has 0 fully saturated rings. The highest BCUT2D eigenvalue weighted by Crippen LogP contribution is 2.28. The summed E-state index contributed by atoms with van der Waals surface area (Å²) in [5.74, 6) is 0.611. The lowest BCUT2D eigenvalue weighted by Crippen LogP contribution is -2.14. The number of carbonyl (C=O) groups is 1. The summed E-state index contributed by atoms with van der Waals surface area (Å²) in [6.45, 7) is 8.57. The molecule has 22 heavy (non-hydrogen) atoms. The number of nitrogens with one attached hydrogen (secondary N) is 1. The van der Waals surface area contributed by atoms with Crippen molar-refractivity contribution in [1.82, 2.24) is 4.98 Å². The molecule has 116 valence electrons. The van der Waals surface area contributed by atoms with Crippen LogP contribution in [0.15, 0.2) is 36.5 Å². The lowest BCUT2D eigenvalue weighted by atomic mass is 9.94. The molecule has 0 saturated carbocycles. The van der Waals surface area contributed by atoms with Crippen LogP contribution in [0.5, 0.6) is 0 Å². The topological polar surface area (TPSA) is 42.0 Å². The number of hydrogen-bond donors (Lipinski definition) is 1.